The molecular formula is C10H16O. The first-order valence-corrected chi connectivity index (χ1v) is 4.31. The van der Waals surface area contributed by atoms with E-state index >= 15 is 0 Å². The van der Waals surface area contributed by atoms with Gasteiger partial charge >= 0.3 is 0 Å². The molecule has 1 heteroatoms. The first-order chi connectivity index (χ1) is 5.11. The summed E-state index contributed by atoms with van der Waals surface area (Å²) in [7, 11) is 0. The topological polar surface area (TPSA) is 17.1 Å². The van der Waals surface area contributed by atoms with Crippen LogP contribution in [0.3, 0.4) is 0 Å². The van der Waals surface area contributed by atoms with Gasteiger partial charge in [-0.2, -0.15) is 0 Å². The second kappa shape index (κ2) is 3.21. The van der Waals surface area contributed by atoms with Gasteiger partial charge in [-0.25, -0.2) is 0 Å². The molecule has 1 nitrogen and oxygen atoms in total. The number of ketones is 1. The van der Waals surface area contributed by atoms with Crippen LogP contribution < -0.4 is 0 Å². The Labute approximate surface area is 68.5 Å². The lowest BCUT2D eigenvalue weighted by atomic mass is 9.86. The Bertz CT molecular complexity index is 199. The monoisotopic (exact) mass is 152 g/mol. The fourth-order valence-electron chi connectivity index (χ4n) is 1.77. The lowest BCUT2D eigenvalue weighted by Crippen LogP contribution is -2.11. The van der Waals surface area contributed by atoms with E-state index in [4.69, 9.17) is 0 Å². The Balaban J connectivity index is 2.77. The summed E-state index contributed by atoms with van der Waals surface area (Å²) in [4.78, 5) is 11.0. The predicted molar refractivity (Wildman–Crippen MR) is 46.4 cm³/mol. The highest BCUT2D eigenvalue weighted by Crippen LogP contribution is 2.27. The summed E-state index contributed by atoms with van der Waals surface area (Å²) in [5, 5.41) is 0. The molecule has 0 N–H and O–H groups in total. The normalized spacial score (nSPS) is 19.8. The molecule has 0 aromatic rings. The summed E-state index contributed by atoms with van der Waals surface area (Å²) < 4.78 is 0. The molecule has 0 aliphatic heterocycles. The Kier molecular flexibility index (Phi) is 2.48. The number of allylic oxidation sites excluding steroid dienone is 2. The van der Waals surface area contributed by atoms with Gasteiger partial charge in [0.05, 0.1) is 0 Å². The van der Waals surface area contributed by atoms with E-state index in [1.165, 1.54) is 11.1 Å². The molecule has 1 rings (SSSR count). The van der Waals surface area contributed by atoms with E-state index in [2.05, 4.69) is 20.8 Å². The first-order valence-electron chi connectivity index (χ1n) is 4.31. The number of Topliss-reactive ketones (excluding diaryl/α,β-unsaturated/α-hetero) is 1. The predicted octanol–water partition coefficient (Wildman–Crippen LogP) is 2.71. The summed E-state index contributed by atoms with van der Waals surface area (Å²) in [6, 6.07) is 0. The molecular weight excluding hydrogens is 136 g/mol. The third kappa shape index (κ3) is 1.92. The van der Waals surface area contributed by atoms with E-state index < -0.39 is 0 Å². The van der Waals surface area contributed by atoms with E-state index in [0.29, 0.717) is 18.1 Å². The van der Waals surface area contributed by atoms with Crippen LogP contribution in [0.4, 0.5) is 0 Å². The highest BCUT2D eigenvalue weighted by Gasteiger charge is 2.16. The summed E-state index contributed by atoms with van der Waals surface area (Å²) in [6.45, 7) is 6.50. The van der Waals surface area contributed by atoms with Crippen molar-refractivity contribution in [3.63, 3.8) is 0 Å². The van der Waals surface area contributed by atoms with Crippen molar-refractivity contribution in [3.05, 3.63) is 11.1 Å². The van der Waals surface area contributed by atoms with Crippen molar-refractivity contribution >= 4 is 5.78 Å². The minimum atomic E-state index is 0.409. The van der Waals surface area contributed by atoms with Gasteiger partial charge < -0.3 is 0 Å². The summed E-state index contributed by atoms with van der Waals surface area (Å²) in [5.74, 6) is 1.04. The molecule has 0 fully saturated rings. The minimum absolute atomic E-state index is 0.409. The van der Waals surface area contributed by atoms with Crippen LogP contribution in [-0.2, 0) is 4.79 Å². The quantitative estimate of drug-likeness (QED) is 0.528. The Morgan fingerprint density at radius 3 is 2.36 bits per heavy atom. The Hall–Kier alpha value is -0.590. The van der Waals surface area contributed by atoms with Crippen LogP contribution in [0.1, 0.15) is 40.0 Å². The van der Waals surface area contributed by atoms with Crippen LogP contribution in [0.2, 0.25) is 0 Å². The molecule has 0 radical (unpaired) electrons. The van der Waals surface area contributed by atoms with Crippen molar-refractivity contribution in [2.45, 2.75) is 40.0 Å². The third-order valence-electron chi connectivity index (χ3n) is 2.38. The van der Waals surface area contributed by atoms with Gasteiger partial charge in [0.1, 0.15) is 5.78 Å². The maximum Gasteiger partial charge on any atom is 0.137 e. The smallest absolute Gasteiger partial charge is 0.137 e. The van der Waals surface area contributed by atoms with Crippen LogP contribution >= 0.6 is 0 Å². The molecule has 0 unspecified atom stereocenters. The molecule has 0 amide bonds. The van der Waals surface area contributed by atoms with Gasteiger partial charge in [-0.1, -0.05) is 25.0 Å². The van der Waals surface area contributed by atoms with E-state index in [9.17, 15) is 4.79 Å². The fourth-order valence-corrected chi connectivity index (χ4v) is 1.77. The van der Waals surface area contributed by atoms with Crippen molar-refractivity contribution in [1.29, 1.82) is 0 Å². The number of hydrogen-bond donors (Lipinski definition) is 0. The molecule has 62 valence electrons. The molecule has 0 spiro atoms. The second-order valence-electron chi connectivity index (χ2n) is 3.68. The average Bonchev–Trinajstić information content (AvgIpc) is 1.85. The highest BCUT2D eigenvalue weighted by molar-refractivity contribution is 5.82. The van der Waals surface area contributed by atoms with Gasteiger partial charge in [0.25, 0.3) is 0 Å². The molecule has 0 bridgehead atoms. The molecule has 0 saturated heterocycles. The maximum absolute atomic E-state index is 11.0. The molecule has 0 heterocycles. The molecule has 0 aromatic heterocycles. The van der Waals surface area contributed by atoms with Crippen molar-refractivity contribution in [3.8, 4) is 0 Å². The number of carbonyl (C=O) groups excluding carboxylic acids is 1. The molecule has 1 aliphatic rings. The summed E-state index contributed by atoms with van der Waals surface area (Å²) >= 11 is 0. The Morgan fingerprint density at radius 2 is 1.91 bits per heavy atom. The van der Waals surface area contributed by atoms with Gasteiger partial charge in [0.2, 0.25) is 0 Å². The molecule has 0 saturated carbocycles. The number of hydrogen-bond acceptors (Lipinski definition) is 1. The lowest BCUT2D eigenvalue weighted by Gasteiger charge is -2.19. The lowest BCUT2D eigenvalue weighted by molar-refractivity contribution is -0.118. The standard InChI is InChI=1S/C10H16O/c1-7(2)10-5-4-9(11)6-8(10)3/h7H,4-6H2,1-3H3. The third-order valence-corrected chi connectivity index (χ3v) is 2.38. The van der Waals surface area contributed by atoms with Gasteiger partial charge in [-0.05, 0) is 19.3 Å². The highest BCUT2D eigenvalue weighted by atomic mass is 16.1. The van der Waals surface area contributed by atoms with Crippen molar-refractivity contribution in [2.24, 2.45) is 5.92 Å². The van der Waals surface area contributed by atoms with Crippen molar-refractivity contribution in [2.75, 3.05) is 0 Å². The van der Waals surface area contributed by atoms with Crippen LogP contribution in [0.5, 0.6) is 0 Å². The van der Waals surface area contributed by atoms with Gasteiger partial charge in [-0.3, -0.25) is 4.79 Å². The van der Waals surface area contributed by atoms with Crippen molar-refractivity contribution in [1.82, 2.24) is 0 Å². The van der Waals surface area contributed by atoms with Gasteiger partial charge in [0, 0.05) is 12.8 Å². The van der Waals surface area contributed by atoms with Crippen LogP contribution in [0.25, 0.3) is 0 Å². The second-order valence-corrected chi connectivity index (χ2v) is 3.68. The molecule has 0 aromatic carbocycles. The minimum Gasteiger partial charge on any atom is -0.299 e. The van der Waals surface area contributed by atoms with Crippen LogP contribution in [-0.4, -0.2) is 5.78 Å². The average molecular weight is 152 g/mol. The van der Waals surface area contributed by atoms with E-state index in [-0.39, 0.29) is 0 Å². The van der Waals surface area contributed by atoms with Gasteiger partial charge in [-0.15, -0.1) is 0 Å². The zero-order chi connectivity index (χ0) is 8.43. The summed E-state index contributed by atoms with van der Waals surface area (Å²) in [5.41, 5.74) is 2.82. The van der Waals surface area contributed by atoms with E-state index in [0.717, 1.165) is 12.8 Å². The fraction of sp³-hybridized carbons (Fsp3) is 0.700. The van der Waals surface area contributed by atoms with E-state index in [1.807, 2.05) is 0 Å². The number of carbonyl (C=O) groups is 1. The number of rotatable bonds is 1. The summed E-state index contributed by atoms with van der Waals surface area (Å²) in [6.07, 6.45) is 2.47. The molecule has 1 aliphatic carbocycles. The maximum atomic E-state index is 11.0. The molecule has 11 heavy (non-hydrogen) atoms. The van der Waals surface area contributed by atoms with Crippen molar-refractivity contribution < 1.29 is 4.79 Å². The van der Waals surface area contributed by atoms with Crippen LogP contribution in [0.15, 0.2) is 11.1 Å². The van der Waals surface area contributed by atoms with E-state index in [1.54, 1.807) is 0 Å². The largest absolute Gasteiger partial charge is 0.299 e. The van der Waals surface area contributed by atoms with Gasteiger partial charge in [0.15, 0.2) is 0 Å². The first kappa shape index (κ1) is 8.51. The zero-order valence-electron chi connectivity index (χ0n) is 7.61. The molecule has 0 atom stereocenters. The van der Waals surface area contributed by atoms with Crippen LogP contribution in [0, 0.1) is 5.92 Å². The SMILES string of the molecule is CC1=C(C(C)C)CCC(=O)C1. The Morgan fingerprint density at radius 1 is 1.27 bits per heavy atom. The zero-order valence-corrected chi connectivity index (χ0v) is 7.61.